The molecule has 2 aromatic rings. The van der Waals surface area contributed by atoms with E-state index in [0.717, 1.165) is 18.7 Å². The van der Waals surface area contributed by atoms with Gasteiger partial charge in [-0.2, -0.15) is 0 Å². The van der Waals surface area contributed by atoms with Gasteiger partial charge >= 0.3 is 0 Å². The van der Waals surface area contributed by atoms with Gasteiger partial charge in [0.1, 0.15) is 18.9 Å². The van der Waals surface area contributed by atoms with Gasteiger partial charge in [-0.25, -0.2) is 9.97 Å². The highest BCUT2D eigenvalue weighted by molar-refractivity contribution is 5.92. The average molecular weight is 357 g/mol. The second-order valence-corrected chi connectivity index (χ2v) is 6.16. The molecule has 0 fully saturated rings. The molecule has 0 saturated carbocycles. The number of amides is 1. The van der Waals surface area contributed by atoms with Crippen LogP contribution in [0.25, 0.3) is 0 Å². The van der Waals surface area contributed by atoms with Crippen LogP contribution >= 0.6 is 0 Å². The summed E-state index contributed by atoms with van der Waals surface area (Å²) in [7, 11) is 4.00. The predicted octanol–water partition coefficient (Wildman–Crippen LogP) is 1.67. The Kier molecular flexibility index (Phi) is 5.85. The topological polar surface area (TPSA) is 88.6 Å². The third-order valence-electron chi connectivity index (χ3n) is 3.75. The molecule has 0 saturated heterocycles. The number of benzene rings is 1. The molecule has 1 aromatic heterocycles. The van der Waals surface area contributed by atoms with Gasteiger partial charge < -0.3 is 25.0 Å². The van der Waals surface area contributed by atoms with Crippen molar-refractivity contribution in [2.75, 3.05) is 45.7 Å². The summed E-state index contributed by atoms with van der Waals surface area (Å²) in [6.45, 7) is 2.60. The number of hydrogen-bond acceptors (Lipinski definition) is 7. The van der Waals surface area contributed by atoms with Crippen molar-refractivity contribution in [3.8, 4) is 11.5 Å². The van der Waals surface area contributed by atoms with Crippen LogP contribution in [0.4, 0.5) is 11.6 Å². The maximum atomic E-state index is 12.2. The second-order valence-electron chi connectivity index (χ2n) is 6.16. The van der Waals surface area contributed by atoms with Gasteiger partial charge in [0.2, 0.25) is 5.95 Å². The minimum atomic E-state index is -0.212. The first-order valence-electron chi connectivity index (χ1n) is 8.54. The lowest BCUT2D eigenvalue weighted by atomic mass is 10.2. The summed E-state index contributed by atoms with van der Waals surface area (Å²) in [4.78, 5) is 22.7. The van der Waals surface area contributed by atoms with E-state index in [4.69, 9.17) is 9.47 Å². The van der Waals surface area contributed by atoms with E-state index in [0.29, 0.717) is 42.9 Å². The second kappa shape index (κ2) is 8.48. The van der Waals surface area contributed by atoms with E-state index in [-0.39, 0.29) is 5.91 Å². The van der Waals surface area contributed by atoms with Crippen LogP contribution < -0.4 is 20.1 Å². The van der Waals surface area contributed by atoms with E-state index in [1.165, 1.54) is 0 Å². The van der Waals surface area contributed by atoms with Crippen molar-refractivity contribution in [3.63, 3.8) is 0 Å². The maximum absolute atomic E-state index is 12.2. The number of carbonyl (C=O) groups excluding carboxylic acids is 1. The molecule has 1 aliphatic rings. The van der Waals surface area contributed by atoms with Crippen LogP contribution in [0.5, 0.6) is 11.5 Å². The van der Waals surface area contributed by atoms with E-state index in [1.807, 2.05) is 32.3 Å². The molecule has 2 heterocycles. The summed E-state index contributed by atoms with van der Waals surface area (Å²) in [5, 5.41) is 5.95. The number of carbonyl (C=O) groups is 1. The Bertz CT molecular complexity index is 766. The molecule has 0 radical (unpaired) electrons. The maximum Gasteiger partial charge on any atom is 0.270 e. The van der Waals surface area contributed by atoms with Gasteiger partial charge in [-0.15, -0.1) is 0 Å². The number of nitrogens with zero attached hydrogens (tertiary/aromatic N) is 3. The summed E-state index contributed by atoms with van der Waals surface area (Å²) in [5.41, 5.74) is 1.09. The van der Waals surface area contributed by atoms with Crippen LogP contribution in [0.2, 0.25) is 0 Å². The Morgan fingerprint density at radius 2 is 2.00 bits per heavy atom. The molecule has 8 heteroatoms. The number of fused-ring (bicyclic) bond motifs is 1. The molecule has 0 spiro atoms. The summed E-state index contributed by atoms with van der Waals surface area (Å²) in [6, 6.07) is 7.10. The standard InChI is InChI=1S/C18H23N5O3/c1-23(2)9-3-7-19-17(24)14-6-8-20-18(22-14)21-13-4-5-15-16(12-13)26-11-10-25-15/h4-6,8,12H,3,7,9-11H2,1-2H3,(H,19,24)(H,20,21,22). The van der Waals surface area contributed by atoms with Gasteiger partial charge in [0.25, 0.3) is 5.91 Å². The number of ether oxygens (including phenoxy) is 2. The molecule has 0 aliphatic carbocycles. The third kappa shape index (κ3) is 4.82. The van der Waals surface area contributed by atoms with E-state index in [2.05, 4.69) is 25.5 Å². The molecule has 0 bridgehead atoms. The zero-order valence-electron chi connectivity index (χ0n) is 15.0. The molecule has 3 rings (SSSR count). The normalized spacial score (nSPS) is 12.7. The zero-order chi connectivity index (χ0) is 18.4. The monoisotopic (exact) mass is 357 g/mol. The molecule has 0 atom stereocenters. The molecular weight excluding hydrogens is 334 g/mol. The summed E-state index contributed by atoms with van der Waals surface area (Å²) in [5.74, 6) is 1.53. The average Bonchev–Trinajstić information content (AvgIpc) is 2.65. The fourth-order valence-corrected chi connectivity index (χ4v) is 2.48. The van der Waals surface area contributed by atoms with E-state index < -0.39 is 0 Å². The number of aromatic nitrogens is 2. The van der Waals surface area contributed by atoms with Gasteiger partial charge in [0, 0.05) is 24.5 Å². The molecule has 1 amide bonds. The molecular formula is C18H23N5O3. The molecule has 138 valence electrons. The fourth-order valence-electron chi connectivity index (χ4n) is 2.48. The van der Waals surface area contributed by atoms with Gasteiger partial charge in [-0.1, -0.05) is 0 Å². The van der Waals surface area contributed by atoms with Crippen LogP contribution in [-0.4, -0.2) is 61.2 Å². The van der Waals surface area contributed by atoms with Crippen LogP contribution in [-0.2, 0) is 0 Å². The summed E-state index contributed by atoms with van der Waals surface area (Å²) < 4.78 is 11.1. The Labute approximate surface area is 152 Å². The zero-order valence-corrected chi connectivity index (χ0v) is 15.0. The van der Waals surface area contributed by atoms with Crippen molar-refractivity contribution in [1.29, 1.82) is 0 Å². The molecule has 1 aliphatic heterocycles. The fraction of sp³-hybridized carbons (Fsp3) is 0.389. The minimum Gasteiger partial charge on any atom is -0.486 e. The van der Waals surface area contributed by atoms with Crippen molar-refractivity contribution >= 4 is 17.5 Å². The van der Waals surface area contributed by atoms with Crippen molar-refractivity contribution in [2.24, 2.45) is 0 Å². The van der Waals surface area contributed by atoms with Crippen LogP contribution in [0.1, 0.15) is 16.9 Å². The lowest BCUT2D eigenvalue weighted by Crippen LogP contribution is -2.28. The molecule has 1 aromatic carbocycles. The SMILES string of the molecule is CN(C)CCCNC(=O)c1ccnc(Nc2ccc3c(c2)OCCO3)n1. The van der Waals surface area contributed by atoms with Crippen LogP contribution in [0, 0.1) is 0 Å². The molecule has 2 N–H and O–H groups in total. The Hall–Kier alpha value is -2.87. The van der Waals surface area contributed by atoms with E-state index in [9.17, 15) is 4.79 Å². The highest BCUT2D eigenvalue weighted by atomic mass is 16.6. The number of nitrogens with one attached hydrogen (secondary N) is 2. The predicted molar refractivity (Wildman–Crippen MR) is 98.3 cm³/mol. The number of hydrogen-bond donors (Lipinski definition) is 2. The lowest BCUT2D eigenvalue weighted by Gasteiger charge is -2.19. The summed E-state index contributed by atoms with van der Waals surface area (Å²) >= 11 is 0. The Morgan fingerprint density at radius 1 is 1.19 bits per heavy atom. The molecule has 8 nitrogen and oxygen atoms in total. The van der Waals surface area contributed by atoms with E-state index >= 15 is 0 Å². The first kappa shape index (κ1) is 17.9. The van der Waals surface area contributed by atoms with Crippen LogP contribution in [0.15, 0.2) is 30.5 Å². The first-order chi connectivity index (χ1) is 12.6. The lowest BCUT2D eigenvalue weighted by molar-refractivity contribution is 0.0947. The molecule has 0 unspecified atom stereocenters. The van der Waals surface area contributed by atoms with Crippen LogP contribution in [0.3, 0.4) is 0 Å². The van der Waals surface area contributed by atoms with Gasteiger partial charge in [-0.3, -0.25) is 4.79 Å². The first-order valence-corrected chi connectivity index (χ1v) is 8.54. The number of rotatable bonds is 7. The van der Waals surface area contributed by atoms with Crippen molar-refractivity contribution in [2.45, 2.75) is 6.42 Å². The smallest absolute Gasteiger partial charge is 0.270 e. The van der Waals surface area contributed by atoms with Crippen molar-refractivity contribution in [3.05, 3.63) is 36.2 Å². The highest BCUT2D eigenvalue weighted by Gasteiger charge is 2.13. The Morgan fingerprint density at radius 3 is 2.81 bits per heavy atom. The quantitative estimate of drug-likeness (QED) is 0.729. The summed E-state index contributed by atoms with van der Waals surface area (Å²) in [6.07, 6.45) is 2.44. The van der Waals surface area contributed by atoms with Gasteiger partial charge in [-0.05, 0) is 45.3 Å². The van der Waals surface area contributed by atoms with Gasteiger partial charge in [0.15, 0.2) is 11.5 Å². The Balaban J connectivity index is 1.61. The van der Waals surface area contributed by atoms with Gasteiger partial charge in [0.05, 0.1) is 0 Å². The largest absolute Gasteiger partial charge is 0.486 e. The molecule has 26 heavy (non-hydrogen) atoms. The van der Waals surface area contributed by atoms with Crippen molar-refractivity contribution in [1.82, 2.24) is 20.2 Å². The van der Waals surface area contributed by atoms with Crippen molar-refractivity contribution < 1.29 is 14.3 Å². The highest BCUT2D eigenvalue weighted by Crippen LogP contribution is 2.33. The van der Waals surface area contributed by atoms with E-state index in [1.54, 1.807) is 12.3 Å². The third-order valence-corrected chi connectivity index (χ3v) is 3.75. The number of anilines is 2. The minimum absolute atomic E-state index is 0.212.